The van der Waals surface area contributed by atoms with Gasteiger partial charge in [0.2, 0.25) is 0 Å². The number of anilines is 1. The average molecular weight is 283 g/mol. The Morgan fingerprint density at radius 2 is 2.32 bits per heavy atom. The summed E-state index contributed by atoms with van der Waals surface area (Å²) in [4.78, 5) is 13.4. The summed E-state index contributed by atoms with van der Waals surface area (Å²) in [5.41, 5.74) is 1.41. The van der Waals surface area contributed by atoms with E-state index in [4.69, 9.17) is 16.3 Å². The lowest BCUT2D eigenvalue weighted by Crippen LogP contribution is -2.22. The Kier molecular flexibility index (Phi) is 4.66. The molecular formula is C14H19ClN2O2. The fourth-order valence-corrected chi connectivity index (χ4v) is 2.27. The van der Waals surface area contributed by atoms with E-state index in [0.29, 0.717) is 10.6 Å². The van der Waals surface area contributed by atoms with Crippen LogP contribution in [0.1, 0.15) is 23.2 Å². The van der Waals surface area contributed by atoms with Crippen LogP contribution < -0.4 is 5.32 Å². The molecule has 1 N–H and O–H groups in total. The topological polar surface area (TPSA) is 41.6 Å². The van der Waals surface area contributed by atoms with Gasteiger partial charge in [0.15, 0.2) is 0 Å². The number of nitrogens with zero attached hydrogens (tertiary/aromatic N) is 1. The highest BCUT2D eigenvalue weighted by Gasteiger charge is 2.16. The van der Waals surface area contributed by atoms with Crippen LogP contribution in [0.4, 0.5) is 5.69 Å². The molecule has 1 saturated heterocycles. The van der Waals surface area contributed by atoms with E-state index in [1.165, 1.54) is 0 Å². The zero-order valence-electron chi connectivity index (χ0n) is 11.3. The third-order valence-electron chi connectivity index (χ3n) is 3.16. The van der Waals surface area contributed by atoms with Crippen molar-refractivity contribution in [3.8, 4) is 0 Å². The van der Waals surface area contributed by atoms with Gasteiger partial charge in [-0.25, -0.2) is 0 Å². The van der Waals surface area contributed by atoms with Crippen LogP contribution in [-0.4, -0.2) is 44.2 Å². The standard InChI is InChI=1S/C14H19ClN2O2/c1-17(2)14(18)10-5-6-12(15)13(8-10)16-9-11-4-3-7-19-11/h5-6,8,11,16H,3-4,7,9H2,1-2H3. The molecule has 1 heterocycles. The summed E-state index contributed by atoms with van der Waals surface area (Å²) in [5.74, 6) is -0.0307. The number of carbonyl (C=O) groups excluding carboxylic acids is 1. The Morgan fingerprint density at radius 1 is 1.53 bits per heavy atom. The van der Waals surface area contributed by atoms with Gasteiger partial charge in [0.1, 0.15) is 0 Å². The van der Waals surface area contributed by atoms with E-state index in [0.717, 1.165) is 31.7 Å². The van der Waals surface area contributed by atoms with E-state index >= 15 is 0 Å². The number of hydrogen-bond acceptors (Lipinski definition) is 3. The Balaban J connectivity index is 2.06. The van der Waals surface area contributed by atoms with Gasteiger partial charge < -0.3 is 15.0 Å². The molecule has 1 atom stereocenters. The first-order chi connectivity index (χ1) is 9.08. The molecule has 1 amide bonds. The zero-order chi connectivity index (χ0) is 13.8. The van der Waals surface area contributed by atoms with Crippen LogP contribution in [-0.2, 0) is 4.74 Å². The average Bonchev–Trinajstić information content (AvgIpc) is 2.90. The summed E-state index contributed by atoms with van der Waals surface area (Å²) in [5, 5.41) is 3.88. The molecule has 0 aromatic heterocycles. The first-order valence-corrected chi connectivity index (χ1v) is 6.82. The minimum atomic E-state index is -0.0307. The Bertz CT molecular complexity index is 457. The molecule has 1 aliphatic rings. The Labute approximate surface area is 118 Å². The van der Waals surface area contributed by atoms with Gasteiger partial charge in [-0.1, -0.05) is 11.6 Å². The van der Waals surface area contributed by atoms with Crippen molar-refractivity contribution in [2.75, 3.05) is 32.6 Å². The molecule has 0 spiro atoms. The van der Waals surface area contributed by atoms with Crippen molar-refractivity contribution in [2.24, 2.45) is 0 Å². The molecule has 0 radical (unpaired) electrons. The molecule has 1 aliphatic heterocycles. The van der Waals surface area contributed by atoms with E-state index in [1.807, 2.05) is 0 Å². The lowest BCUT2D eigenvalue weighted by atomic mass is 10.1. The Morgan fingerprint density at radius 3 is 2.95 bits per heavy atom. The van der Waals surface area contributed by atoms with Crippen LogP contribution in [0.2, 0.25) is 5.02 Å². The highest BCUT2D eigenvalue weighted by atomic mass is 35.5. The SMILES string of the molecule is CN(C)C(=O)c1ccc(Cl)c(NCC2CCCO2)c1. The van der Waals surface area contributed by atoms with Crippen LogP contribution in [0, 0.1) is 0 Å². The maximum absolute atomic E-state index is 11.9. The normalized spacial score (nSPS) is 18.4. The minimum Gasteiger partial charge on any atom is -0.381 e. The maximum Gasteiger partial charge on any atom is 0.253 e. The Hall–Kier alpha value is -1.26. The first kappa shape index (κ1) is 14.2. The third-order valence-corrected chi connectivity index (χ3v) is 3.49. The van der Waals surface area contributed by atoms with Crippen molar-refractivity contribution in [3.63, 3.8) is 0 Å². The van der Waals surface area contributed by atoms with Gasteiger partial charge in [0.25, 0.3) is 5.91 Å². The van der Waals surface area contributed by atoms with Gasteiger partial charge in [-0.3, -0.25) is 4.79 Å². The van der Waals surface area contributed by atoms with Gasteiger partial charge in [0, 0.05) is 32.8 Å². The van der Waals surface area contributed by atoms with Crippen molar-refractivity contribution in [1.29, 1.82) is 0 Å². The van der Waals surface area contributed by atoms with E-state index < -0.39 is 0 Å². The number of carbonyl (C=O) groups is 1. The van der Waals surface area contributed by atoms with E-state index in [1.54, 1.807) is 37.2 Å². The lowest BCUT2D eigenvalue weighted by Gasteiger charge is -2.15. The molecule has 0 saturated carbocycles. The fraction of sp³-hybridized carbons (Fsp3) is 0.500. The molecule has 1 aromatic carbocycles. The van der Waals surface area contributed by atoms with E-state index in [2.05, 4.69) is 5.32 Å². The first-order valence-electron chi connectivity index (χ1n) is 6.44. The van der Waals surface area contributed by atoms with Gasteiger partial charge in [0.05, 0.1) is 16.8 Å². The van der Waals surface area contributed by atoms with Gasteiger partial charge in [-0.05, 0) is 31.0 Å². The number of hydrogen-bond donors (Lipinski definition) is 1. The van der Waals surface area contributed by atoms with Gasteiger partial charge in [-0.15, -0.1) is 0 Å². The van der Waals surface area contributed by atoms with Crippen molar-refractivity contribution in [2.45, 2.75) is 18.9 Å². The monoisotopic (exact) mass is 282 g/mol. The summed E-state index contributed by atoms with van der Waals surface area (Å²) >= 11 is 6.14. The number of nitrogens with one attached hydrogen (secondary N) is 1. The number of ether oxygens (including phenoxy) is 1. The fourth-order valence-electron chi connectivity index (χ4n) is 2.08. The molecule has 5 heteroatoms. The molecule has 1 fully saturated rings. The summed E-state index contributed by atoms with van der Waals surface area (Å²) in [6, 6.07) is 5.28. The molecule has 1 aromatic rings. The summed E-state index contributed by atoms with van der Waals surface area (Å²) in [7, 11) is 3.47. The number of amides is 1. The second kappa shape index (κ2) is 6.26. The molecule has 1 unspecified atom stereocenters. The van der Waals surface area contributed by atoms with E-state index in [-0.39, 0.29) is 12.0 Å². The minimum absolute atomic E-state index is 0.0307. The molecule has 2 rings (SSSR count). The summed E-state index contributed by atoms with van der Waals surface area (Å²) in [6.45, 7) is 1.55. The summed E-state index contributed by atoms with van der Waals surface area (Å²) < 4.78 is 5.55. The van der Waals surface area contributed by atoms with Gasteiger partial charge in [-0.2, -0.15) is 0 Å². The van der Waals surface area contributed by atoms with Crippen molar-refractivity contribution in [1.82, 2.24) is 4.90 Å². The number of halogens is 1. The number of benzene rings is 1. The second-order valence-electron chi connectivity index (χ2n) is 4.91. The van der Waals surface area contributed by atoms with Crippen molar-refractivity contribution < 1.29 is 9.53 Å². The molecule has 19 heavy (non-hydrogen) atoms. The van der Waals surface area contributed by atoms with Crippen molar-refractivity contribution in [3.05, 3.63) is 28.8 Å². The molecule has 4 nitrogen and oxygen atoms in total. The molecule has 104 valence electrons. The highest BCUT2D eigenvalue weighted by molar-refractivity contribution is 6.33. The second-order valence-corrected chi connectivity index (χ2v) is 5.32. The van der Waals surface area contributed by atoms with Gasteiger partial charge >= 0.3 is 0 Å². The van der Waals surface area contributed by atoms with Crippen LogP contribution in [0.3, 0.4) is 0 Å². The molecule has 0 bridgehead atoms. The quantitative estimate of drug-likeness (QED) is 0.923. The maximum atomic E-state index is 11.9. The largest absolute Gasteiger partial charge is 0.381 e. The van der Waals surface area contributed by atoms with Crippen LogP contribution in [0.25, 0.3) is 0 Å². The predicted molar refractivity (Wildman–Crippen MR) is 76.9 cm³/mol. The molecule has 0 aliphatic carbocycles. The smallest absolute Gasteiger partial charge is 0.253 e. The predicted octanol–water partition coefficient (Wildman–Crippen LogP) is 2.63. The summed E-state index contributed by atoms with van der Waals surface area (Å²) in [6.07, 6.45) is 2.42. The third kappa shape index (κ3) is 3.61. The van der Waals surface area contributed by atoms with Crippen molar-refractivity contribution >= 4 is 23.2 Å². The zero-order valence-corrected chi connectivity index (χ0v) is 12.0. The lowest BCUT2D eigenvalue weighted by molar-refractivity contribution is 0.0827. The molecular weight excluding hydrogens is 264 g/mol. The van der Waals surface area contributed by atoms with Crippen LogP contribution >= 0.6 is 11.6 Å². The van der Waals surface area contributed by atoms with Crippen LogP contribution in [0.5, 0.6) is 0 Å². The van der Waals surface area contributed by atoms with Crippen LogP contribution in [0.15, 0.2) is 18.2 Å². The highest BCUT2D eigenvalue weighted by Crippen LogP contribution is 2.24. The number of rotatable bonds is 4. The van der Waals surface area contributed by atoms with E-state index in [9.17, 15) is 4.79 Å².